The Morgan fingerprint density at radius 3 is 2.83 bits per heavy atom. The molecule has 3 heterocycles. The molecule has 24 heavy (non-hydrogen) atoms. The third kappa shape index (κ3) is 2.69. The van der Waals surface area contributed by atoms with E-state index in [-0.39, 0.29) is 18.6 Å². The van der Waals surface area contributed by atoms with Crippen LogP contribution >= 0.6 is 0 Å². The van der Waals surface area contributed by atoms with Gasteiger partial charge in [-0.15, -0.1) is 0 Å². The first-order valence-corrected chi connectivity index (χ1v) is 9.63. The molecule has 0 unspecified atom stereocenters. The van der Waals surface area contributed by atoms with Gasteiger partial charge in [0.25, 0.3) is 5.91 Å². The van der Waals surface area contributed by atoms with Crippen molar-refractivity contribution in [3.8, 4) is 0 Å². The summed E-state index contributed by atoms with van der Waals surface area (Å²) >= 11 is 0. The molecule has 0 saturated carbocycles. The number of benzene rings is 1. The molecule has 1 aromatic heterocycles. The zero-order chi connectivity index (χ0) is 16.7. The molecular formula is C16H20N4O3S. The average molecular weight is 348 g/mol. The van der Waals surface area contributed by atoms with Gasteiger partial charge >= 0.3 is 0 Å². The van der Waals surface area contributed by atoms with Crippen LogP contribution in [0, 0.1) is 0 Å². The molecule has 2 aliphatic heterocycles. The van der Waals surface area contributed by atoms with Gasteiger partial charge in [-0.05, 0) is 31.0 Å². The summed E-state index contributed by atoms with van der Waals surface area (Å²) in [6.07, 6.45) is 1.71. The second-order valence-electron chi connectivity index (χ2n) is 6.19. The summed E-state index contributed by atoms with van der Waals surface area (Å²) in [5, 5.41) is 0. The largest absolute Gasteiger partial charge is 0.370 e. The minimum absolute atomic E-state index is 0.0391. The fraction of sp³-hybridized carbons (Fsp3) is 0.500. The molecule has 0 radical (unpaired) electrons. The second-order valence-corrected chi connectivity index (χ2v) is 7.89. The minimum Gasteiger partial charge on any atom is -0.370 e. The number of morpholine rings is 1. The number of nitrogen functional groups attached to an aromatic ring is 1. The van der Waals surface area contributed by atoms with Gasteiger partial charge in [-0.1, -0.05) is 0 Å². The number of aromatic nitrogens is 2. The summed E-state index contributed by atoms with van der Waals surface area (Å²) < 4.78 is 18.8. The normalized spacial score (nSPS) is 25.3. The smallest absolute Gasteiger partial charge is 0.253 e. The Morgan fingerprint density at radius 2 is 2.08 bits per heavy atom. The number of nitrogens with two attached hydrogens (primary N) is 1. The Balaban J connectivity index is 1.69. The monoisotopic (exact) mass is 348 g/mol. The van der Waals surface area contributed by atoms with Gasteiger partial charge in [0.1, 0.15) is 6.61 Å². The molecule has 0 spiro atoms. The van der Waals surface area contributed by atoms with Crippen LogP contribution in [0.1, 0.15) is 18.9 Å². The zero-order valence-electron chi connectivity index (χ0n) is 13.3. The molecule has 2 aliphatic rings. The van der Waals surface area contributed by atoms with Gasteiger partial charge in [-0.25, -0.2) is 4.98 Å². The highest BCUT2D eigenvalue weighted by Gasteiger charge is 2.25. The lowest BCUT2D eigenvalue weighted by Gasteiger charge is -2.27. The number of anilines is 2. The topological polar surface area (TPSA) is 90.4 Å². The molecule has 2 saturated heterocycles. The summed E-state index contributed by atoms with van der Waals surface area (Å²) in [4.78, 5) is 18.2. The maximum atomic E-state index is 12.0. The Hall–Kier alpha value is -1.93. The summed E-state index contributed by atoms with van der Waals surface area (Å²) in [6.45, 7) is 1.21. The van der Waals surface area contributed by atoms with E-state index in [4.69, 9.17) is 10.5 Å². The molecule has 2 fully saturated rings. The van der Waals surface area contributed by atoms with Crippen LogP contribution in [0.15, 0.2) is 18.2 Å². The van der Waals surface area contributed by atoms with Crippen molar-refractivity contribution in [2.24, 2.45) is 0 Å². The quantitative estimate of drug-likeness (QED) is 0.876. The number of amides is 1. The molecule has 1 aromatic carbocycles. The lowest BCUT2D eigenvalue weighted by Crippen LogP contribution is -2.41. The average Bonchev–Trinajstić information content (AvgIpc) is 2.91. The van der Waals surface area contributed by atoms with Gasteiger partial charge in [0.05, 0.1) is 17.6 Å². The maximum Gasteiger partial charge on any atom is 0.253 e. The maximum absolute atomic E-state index is 12.0. The molecule has 0 bridgehead atoms. The number of fused-ring (bicyclic) bond motifs is 1. The molecule has 2 N–H and O–H groups in total. The van der Waals surface area contributed by atoms with Crippen LogP contribution in [0.4, 0.5) is 11.6 Å². The van der Waals surface area contributed by atoms with E-state index in [2.05, 4.69) is 9.55 Å². The number of ether oxygens (including phenoxy) is 1. The number of hydrogen-bond donors (Lipinski definition) is 1. The molecular weight excluding hydrogens is 328 g/mol. The molecule has 0 aliphatic carbocycles. The Kier molecular flexibility index (Phi) is 4.01. The van der Waals surface area contributed by atoms with E-state index in [1.807, 2.05) is 18.2 Å². The molecule has 7 nitrogen and oxygen atoms in total. The van der Waals surface area contributed by atoms with E-state index in [0.717, 1.165) is 29.6 Å². The van der Waals surface area contributed by atoms with Crippen molar-refractivity contribution in [3.05, 3.63) is 18.2 Å². The van der Waals surface area contributed by atoms with Crippen molar-refractivity contribution in [1.29, 1.82) is 0 Å². The highest BCUT2D eigenvalue weighted by Crippen LogP contribution is 2.31. The Bertz CT molecular complexity index is 809. The fourth-order valence-corrected chi connectivity index (χ4v) is 4.76. The van der Waals surface area contributed by atoms with Crippen LogP contribution in [0.5, 0.6) is 0 Å². The van der Waals surface area contributed by atoms with Crippen LogP contribution in [0.3, 0.4) is 0 Å². The standard InChI is InChI=1S/C16H20N4O3S/c17-16-18-13-9-12(19-5-6-23-10-15(19)21)1-2-14(13)20(16)11-3-7-24(22)8-4-11/h1-2,9,11H,3-8,10H2,(H2,17,18). The number of imidazole rings is 1. The van der Waals surface area contributed by atoms with E-state index in [0.29, 0.717) is 30.6 Å². The molecule has 1 amide bonds. The Labute approximate surface area is 142 Å². The van der Waals surface area contributed by atoms with E-state index in [1.54, 1.807) is 4.90 Å². The second kappa shape index (κ2) is 6.18. The SMILES string of the molecule is Nc1nc2cc(N3CCOCC3=O)ccc2n1C1CCS(=O)CC1. The molecule has 0 atom stereocenters. The molecule has 4 rings (SSSR count). The fourth-order valence-electron chi connectivity index (χ4n) is 3.49. The molecule has 128 valence electrons. The number of nitrogens with zero attached hydrogens (tertiary/aromatic N) is 3. The zero-order valence-corrected chi connectivity index (χ0v) is 14.1. The number of carbonyl (C=O) groups excluding carboxylic acids is 1. The van der Waals surface area contributed by atoms with Crippen molar-refractivity contribution in [1.82, 2.24) is 9.55 Å². The van der Waals surface area contributed by atoms with Crippen molar-refractivity contribution in [3.63, 3.8) is 0 Å². The molecule has 8 heteroatoms. The lowest BCUT2D eigenvalue weighted by atomic mass is 10.1. The number of rotatable bonds is 2. The summed E-state index contributed by atoms with van der Waals surface area (Å²) in [5.41, 5.74) is 8.73. The van der Waals surface area contributed by atoms with Crippen LogP contribution < -0.4 is 10.6 Å². The summed E-state index contributed by atoms with van der Waals surface area (Å²) in [6, 6.07) is 6.06. The summed E-state index contributed by atoms with van der Waals surface area (Å²) in [7, 11) is -0.704. The van der Waals surface area contributed by atoms with Gasteiger partial charge in [-0.2, -0.15) is 0 Å². The minimum atomic E-state index is -0.704. The van der Waals surface area contributed by atoms with Gasteiger partial charge < -0.3 is 19.9 Å². The van der Waals surface area contributed by atoms with E-state index in [1.165, 1.54) is 0 Å². The predicted molar refractivity (Wildman–Crippen MR) is 93.5 cm³/mol. The van der Waals surface area contributed by atoms with Crippen molar-refractivity contribution < 1.29 is 13.7 Å². The lowest BCUT2D eigenvalue weighted by molar-refractivity contribution is -0.125. The van der Waals surface area contributed by atoms with Gasteiger partial charge in [0.15, 0.2) is 0 Å². The van der Waals surface area contributed by atoms with Crippen molar-refractivity contribution in [2.45, 2.75) is 18.9 Å². The van der Waals surface area contributed by atoms with Crippen LogP contribution in [0.2, 0.25) is 0 Å². The first kappa shape index (κ1) is 15.6. The highest BCUT2D eigenvalue weighted by atomic mass is 32.2. The highest BCUT2D eigenvalue weighted by molar-refractivity contribution is 7.85. The predicted octanol–water partition coefficient (Wildman–Crippen LogP) is 1.07. The Morgan fingerprint density at radius 1 is 1.29 bits per heavy atom. The van der Waals surface area contributed by atoms with Crippen molar-refractivity contribution >= 4 is 39.4 Å². The van der Waals surface area contributed by atoms with Gasteiger partial charge in [0, 0.05) is 40.6 Å². The van der Waals surface area contributed by atoms with Gasteiger partial charge in [0.2, 0.25) is 5.95 Å². The third-order valence-corrected chi connectivity index (χ3v) is 6.10. The first-order valence-electron chi connectivity index (χ1n) is 8.14. The summed E-state index contributed by atoms with van der Waals surface area (Å²) in [5.74, 6) is 1.87. The van der Waals surface area contributed by atoms with E-state index in [9.17, 15) is 9.00 Å². The van der Waals surface area contributed by atoms with Gasteiger partial charge in [-0.3, -0.25) is 9.00 Å². The number of carbonyl (C=O) groups is 1. The van der Waals surface area contributed by atoms with Crippen molar-refractivity contribution in [2.75, 3.05) is 41.9 Å². The molecule has 2 aromatic rings. The van der Waals surface area contributed by atoms with E-state index < -0.39 is 10.8 Å². The van der Waals surface area contributed by atoms with Crippen LogP contribution in [-0.2, 0) is 20.3 Å². The number of hydrogen-bond acceptors (Lipinski definition) is 5. The first-order chi connectivity index (χ1) is 11.6. The van der Waals surface area contributed by atoms with Crippen LogP contribution in [-0.4, -0.2) is 50.9 Å². The van der Waals surface area contributed by atoms with Crippen LogP contribution in [0.25, 0.3) is 11.0 Å². The third-order valence-electron chi connectivity index (χ3n) is 4.72. The van der Waals surface area contributed by atoms with E-state index >= 15 is 0 Å².